The van der Waals surface area contributed by atoms with Crippen LogP contribution >= 0.6 is 0 Å². The van der Waals surface area contributed by atoms with Crippen molar-refractivity contribution >= 4 is 36.5 Å². The molecule has 0 saturated carbocycles. The molecule has 2 aromatic rings. The summed E-state index contributed by atoms with van der Waals surface area (Å²) in [5, 5.41) is 10.4. The highest BCUT2D eigenvalue weighted by Gasteiger charge is 2.29. The number of hydrogen-bond donors (Lipinski definition) is 2. The average molecular weight is 485 g/mol. The molecule has 0 saturated heterocycles. The first kappa shape index (κ1) is 26.6. The van der Waals surface area contributed by atoms with Crippen molar-refractivity contribution in [1.29, 1.82) is 0 Å². The van der Waals surface area contributed by atoms with Gasteiger partial charge in [0.2, 0.25) is 10.0 Å². The second kappa shape index (κ2) is 12.5. The average Bonchev–Trinajstić information content (AvgIpc) is 2.77. The van der Waals surface area contributed by atoms with E-state index in [1.807, 2.05) is 0 Å². The first-order chi connectivity index (χ1) is 15.3. The molecular weight excluding hydrogens is 448 g/mol. The van der Waals surface area contributed by atoms with Crippen molar-refractivity contribution in [3.8, 4) is 0 Å². The molecule has 2 N–H and O–H groups in total. The summed E-state index contributed by atoms with van der Waals surface area (Å²) < 4.78 is 55.6. The van der Waals surface area contributed by atoms with Crippen LogP contribution in [0.15, 0.2) is 41.3 Å². The minimum Gasteiger partial charge on any atom is -0.378 e. The van der Waals surface area contributed by atoms with Gasteiger partial charge in [-0.3, -0.25) is 4.72 Å². The molecule has 0 aliphatic carbocycles. The molecule has 0 atom stereocenters. The largest absolute Gasteiger partial charge is 0.378 e. The molecule has 2 rings (SSSR count). The van der Waals surface area contributed by atoms with Gasteiger partial charge in [-0.15, -0.1) is 0 Å². The summed E-state index contributed by atoms with van der Waals surface area (Å²) in [5.74, 6) is -1.13. The molecule has 0 bridgehead atoms. The Bertz CT molecular complexity index is 1060. The molecule has 32 heavy (non-hydrogen) atoms. The van der Waals surface area contributed by atoms with Crippen molar-refractivity contribution < 1.29 is 21.9 Å². The van der Waals surface area contributed by atoms with Gasteiger partial charge < -0.3 is 5.11 Å². The topological polar surface area (TPSA) is 104 Å². The number of hydrogen-bond acceptors (Lipinski definition) is 5. The molecule has 0 aromatic heterocycles. The lowest BCUT2D eigenvalue weighted by atomic mass is 10.1. The lowest BCUT2D eigenvalue weighted by Crippen LogP contribution is -2.34. The number of aliphatic hydroxyl groups is 1. The van der Waals surface area contributed by atoms with Crippen molar-refractivity contribution in [2.75, 3.05) is 23.8 Å². The molecule has 0 heterocycles. The number of fused-ring (bicyclic) bond motifs is 1. The van der Waals surface area contributed by atoms with Gasteiger partial charge >= 0.3 is 0 Å². The van der Waals surface area contributed by atoms with Crippen LogP contribution in [0.3, 0.4) is 0 Å². The van der Waals surface area contributed by atoms with Gasteiger partial charge in [0, 0.05) is 18.5 Å². The predicted molar refractivity (Wildman–Crippen MR) is 131 cm³/mol. The Labute approximate surface area is 192 Å². The molecule has 180 valence electrons. The number of nitrogens with zero attached hydrogens (tertiary/aromatic N) is 1. The minimum atomic E-state index is -4.10. The Morgan fingerprint density at radius 2 is 1.41 bits per heavy atom. The van der Waals surface area contributed by atoms with Gasteiger partial charge in [-0.1, -0.05) is 82.7 Å². The monoisotopic (exact) mass is 484 g/mol. The zero-order valence-electron chi connectivity index (χ0n) is 19.1. The first-order valence-electron chi connectivity index (χ1n) is 11.4. The highest BCUT2D eigenvalue weighted by molar-refractivity contribution is 7.92. The van der Waals surface area contributed by atoms with Gasteiger partial charge in [-0.2, -0.15) is 4.31 Å². The van der Waals surface area contributed by atoms with Crippen LogP contribution < -0.4 is 4.72 Å². The van der Waals surface area contributed by atoms with Gasteiger partial charge in [0.1, 0.15) is 4.90 Å². The van der Waals surface area contributed by atoms with Crippen LogP contribution in [0, 0.1) is 0 Å². The summed E-state index contributed by atoms with van der Waals surface area (Å²) in [5.41, 5.74) is -0.00994. The second-order valence-electron chi connectivity index (χ2n) is 8.03. The number of nitrogens with one attached hydrogen (secondary N) is 1. The Balaban J connectivity index is 2.49. The maximum absolute atomic E-state index is 13.7. The van der Waals surface area contributed by atoms with E-state index >= 15 is 0 Å². The number of rotatable bonds is 15. The van der Waals surface area contributed by atoms with Gasteiger partial charge in [-0.05, 0) is 24.3 Å². The Kier molecular flexibility index (Phi) is 10.4. The third-order valence-electron chi connectivity index (χ3n) is 5.46. The number of aliphatic hydroxyl groups excluding tert-OH is 1. The van der Waals surface area contributed by atoms with E-state index in [2.05, 4.69) is 18.6 Å². The van der Waals surface area contributed by atoms with Gasteiger partial charge in [0.05, 0.1) is 5.69 Å². The van der Waals surface area contributed by atoms with Crippen molar-refractivity contribution in [2.24, 2.45) is 0 Å². The summed E-state index contributed by atoms with van der Waals surface area (Å²) in [6.07, 6.45) is 7.60. The SMILES string of the molecule is CCCCCCN(CCCCCC)S(=O)(=O)c1ccc2ccccc2c1NS(=O)(=O)CO. The number of unbranched alkanes of at least 4 members (excludes halogenated alkanes) is 6. The smallest absolute Gasteiger partial charge is 0.256 e. The number of sulfonamides is 2. The maximum atomic E-state index is 13.7. The van der Waals surface area contributed by atoms with Crippen LogP contribution in [0.1, 0.15) is 65.2 Å². The zero-order chi connectivity index (χ0) is 23.6. The standard InChI is InChI=1S/C23H36N2O5S2/c1-3-5-7-11-17-25(18-12-8-6-4-2)32(29,30)22-16-15-20-13-9-10-14-21(20)23(22)24-31(27,28)19-26/h9-10,13-16,24,26H,3-8,11-12,17-19H2,1-2H3. The highest BCUT2D eigenvalue weighted by atomic mass is 32.2. The third kappa shape index (κ3) is 7.16. The molecule has 0 radical (unpaired) electrons. The van der Waals surface area contributed by atoms with Gasteiger partial charge in [-0.25, -0.2) is 16.8 Å². The molecule has 7 nitrogen and oxygen atoms in total. The lowest BCUT2D eigenvalue weighted by molar-refractivity contribution is 0.359. The maximum Gasteiger partial charge on any atom is 0.256 e. The van der Waals surface area contributed by atoms with Crippen molar-refractivity contribution in [3.05, 3.63) is 36.4 Å². The van der Waals surface area contributed by atoms with E-state index in [0.717, 1.165) is 51.4 Å². The number of benzene rings is 2. The highest BCUT2D eigenvalue weighted by Crippen LogP contribution is 2.33. The van der Waals surface area contributed by atoms with Crippen LogP contribution in [-0.4, -0.2) is 45.3 Å². The molecular formula is C23H36N2O5S2. The van der Waals surface area contributed by atoms with Crippen molar-refractivity contribution in [2.45, 2.75) is 70.1 Å². The molecule has 0 spiro atoms. The summed E-state index contributed by atoms with van der Waals surface area (Å²) in [6, 6.07) is 10.1. The van der Waals surface area contributed by atoms with E-state index in [1.54, 1.807) is 30.3 Å². The molecule has 0 aliphatic heterocycles. The summed E-state index contributed by atoms with van der Waals surface area (Å²) in [6.45, 7) is 5.00. The van der Waals surface area contributed by atoms with E-state index in [0.29, 0.717) is 23.9 Å². The van der Waals surface area contributed by atoms with Crippen LogP contribution in [0.4, 0.5) is 5.69 Å². The zero-order valence-corrected chi connectivity index (χ0v) is 20.7. The third-order valence-corrected chi connectivity index (χ3v) is 8.25. The summed E-state index contributed by atoms with van der Waals surface area (Å²) in [7, 11) is -8.05. The van der Waals surface area contributed by atoms with Crippen LogP contribution in [0.25, 0.3) is 10.8 Å². The quantitative estimate of drug-likeness (QED) is 0.357. The molecule has 2 aromatic carbocycles. The normalized spacial score (nSPS) is 12.5. The van der Waals surface area contributed by atoms with Crippen LogP contribution in [0.2, 0.25) is 0 Å². The van der Waals surface area contributed by atoms with Gasteiger partial charge in [0.25, 0.3) is 10.0 Å². The Morgan fingerprint density at radius 3 is 1.97 bits per heavy atom. The molecule has 0 amide bonds. The molecule has 0 fully saturated rings. The summed E-state index contributed by atoms with van der Waals surface area (Å²) in [4.78, 5) is -0.0841. The van der Waals surface area contributed by atoms with Crippen molar-refractivity contribution in [1.82, 2.24) is 4.31 Å². The summed E-state index contributed by atoms with van der Waals surface area (Å²) >= 11 is 0. The fourth-order valence-electron chi connectivity index (χ4n) is 3.68. The van der Waals surface area contributed by atoms with Crippen molar-refractivity contribution in [3.63, 3.8) is 0 Å². The van der Waals surface area contributed by atoms with E-state index < -0.39 is 26.0 Å². The van der Waals surface area contributed by atoms with Crippen LogP contribution in [-0.2, 0) is 20.0 Å². The fraction of sp³-hybridized carbons (Fsp3) is 0.565. The van der Waals surface area contributed by atoms with E-state index in [4.69, 9.17) is 0 Å². The molecule has 0 unspecified atom stereocenters. The van der Waals surface area contributed by atoms with E-state index in [1.165, 1.54) is 10.4 Å². The van der Waals surface area contributed by atoms with E-state index in [9.17, 15) is 21.9 Å². The lowest BCUT2D eigenvalue weighted by Gasteiger charge is -2.24. The first-order valence-corrected chi connectivity index (χ1v) is 14.5. The minimum absolute atomic E-state index is 0.00994. The molecule has 9 heteroatoms. The predicted octanol–water partition coefficient (Wildman–Crippen LogP) is 4.68. The fourth-order valence-corrected chi connectivity index (χ4v) is 6.02. The van der Waals surface area contributed by atoms with Crippen LogP contribution in [0.5, 0.6) is 0 Å². The number of anilines is 1. The molecule has 0 aliphatic rings. The Morgan fingerprint density at radius 1 is 0.812 bits per heavy atom. The second-order valence-corrected chi connectivity index (χ2v) is 11.6. The Hall–Kier alpha value is -1.68. The van der Waals surface area contributed by atoms with E-state index in [-0.39, 0.29) is 10.6 Å². The van der Waals surface area contributed by atoms with Gasteiger partial charge in [0.15, 0.2) is 5.94 Å².